The van der Waals surface area contributed by atoms with Crippen molar-refractivity contribution in [3.63, 3.8) is 0 Å². The van der Waals surface area contributed by atoms with Gasteiger partial charge in [-0.1, -0.05) is 0 Å². The number of carbonyl (C=O) groups is 2. The first-order valence-corrected chi connectivity index (χ1v) is 4.54. The molecule has 74 valence electrons. The molecule has 0 amide bonds. The molecule has 1 aliphatic carbocycles. The van der Waals surface area contributed by atoms with Gasteiger partial charge in [-0.2, -0.15) is 0 Å². The summed E-state index contributed by atoms with van der Waals surface area (Å²) in [6, 6.07) is 0. The highest BCUT2D eigenvalue weighted by atomic mass is 16.4. The molecule has 4 heteroatoms. The molecule has 1 aliphatic rings. The van der Waals surface area contributed by atoms with Gasteiger partial charge in [0.15, 0.2) is 0 Å². The van der Waals surface area contributed by atoms with Gasteiger partial charge >= 0.3 is 11.9 Å². The van der Waals surface area contributed by atoms with Crippen molar-refractivity contribution in [1.82, 2.24) is 0 Å². The molecule has 0 unspecified atom stereocenters. The van der Waals surface area contributed by atoms with Gasteiger partial charge in [-0.3, -0.25) is 9.59 Å². The first kappa shape index (κ1) is 10.0. The molecule has 13 heavy (non-hydrogen) atoms. The highest BCUT2D eigenvalue weighted by molar-refractivity contribution is 5.70. The normalized spacial score (nSPS) is 28.3. The summed E-state index contributed by atoms with van der Waals surface area (Å²) in [6.07, 6.45) is 2.93. The van der Waals surface area contributed by atoms with Crippen molar-refractivity contribution in [3.8, 4) is 0 Å². The lowest BCUT2D eigenvalue weighted by Crippen LogP contribution is -2.22. The third kappa shape index (κ3) is 3.05. The average molecular weight is 186 g/mol. The van der Waals surface area contributed by atoms with Crippen LogP contribution in [0.1, 0.15) is 32.1 Å². The van der Waals surface area contributed by atoms with E-state index in [0.717, 1.165) is 12.8 Å². The maximum Gasteiger partial charge on any atom is 0.306 e. The van der Waals surface area contributed by atoms with E-state index in [1.807, 2.05) is 0 Å². The second kappa shape index (κ2) is 4.25. The van der Waals surface area contributed by atoms with E-state index in [2.05, 4.69) is 0 Å². The monoisotopic (exact) mass is 186 g/mol. The Balaban J connectivity index is 2.30. The second-order valence-corrected chi connectivity index (χ2v) is 3.65. The van der Waals surface area contributed by atoms with Crippen LogP contribution in [0.5, 0.6) is 0 Å². The molecular formula is C9H14O4. The number of aliphatic carboxylic acids is 2. The van der Waals surface area contributed by atoms with E-state index in [-0.39, 0.29) is 18.3 Å². The number of carboxylic acid groups (broad SMARTS) is 2. The number of hydrogen-bond donors (Lipinski definition) is 2. The highest BCUT2D eigenvalue weighted by Crippen LogP contribution is 2.30. The lowest BCUT2D eigenvalue weighted by Gasteiger charge is -2.24. The maximum absolute atomic E-state index is 10.6. The third-order valence-electron chi connectivity index (χ3n) is 2.66. The van der Waals surface area contributed by atoms with Crippen molar-refractivity contribution >= 4 is 11.9 Å². The first-order chi connectivity index (χ1) is 6.09. The molecule has 2 N–H and O–H groups in total. The quantitative estimate of drug-likeness (QED) is 0.697. The van der Waals surface area contributed by atoms with Crippen molar-refractivity contribution in [2.24, 2.45) is 11.8 Å². The molecule has 1 saturated carbocycles. The van der Waals surface area contributed by atoms with Gasteiger partial charge in [0.2, 0.25) is 0 Å². The summed E-state index contributed by atoms with van der Waals surface area (Å²) in [5.41, 5.74) is 0. The number of hydrogen-bond acceptors (Lipinski definition) is 2. The number of rotatable bonds is 3. The van der Waals surface area contributed by atoms with Gasteiger partial charge in [0, 0.05) is 6.42 Å². The summed E-state index contributed by atoms with van der Waals surface area (Å²) in [7, 11) is 0. The van der Waals surface area contributed by atoms with Crippen molar-refractivity contribution in [3.05, 3.63) is 0 Å². The van der Waals surface area contributed by atoms with Gasteiger partial charge in [-0.15, -0.1) is 0 Å². The van der Waals surface area contributed by atoms with Crippen LogP contribution in [0.2, 0.25) is 0 Å². The Morgan fingerprint density at radius 1 is 1.08 bits per heavy atom. The van der Waals surface area contributed by atoms with Crippen molar-refractivity contribution < 1.29 is 19.8 Å². The molecule has 0 aromatic heterocycles. The fourth-order valence-electron chi connectivity index (χ4n) is 1.86. The molecule has 4 nitrogen and oxygen atoms in total. The Labute approximate surface area is 76.6 Å². The van der Waals surface area contributed by atoms with Crippen LogP contribution >= 0.6 is 0 Å². The van der Waals surface area contributed by atoms with Gasteiger partial charge in [0.25, 0.3) is 0 Å². The summed E-state index contributed by atoms with van der Waals surface area (Å²) in [5, 5.41) is 17.2. The molecule has 0 aromatic carbocycles. The van der Waals surface area contributed by atoms with Gasteiger partial charge in [-0.05, 0) is 31.6 Å². The maximum atomic E-state index is 10.6. The topological polar surface area (TPSA) is 74.6 Å². The van der Waals surface area contributed by atoms with Crippen LogP contribution in [0.25, 0.3) is 0 Å². The molecule has 0 atom stereocenters. The Morgan fingerprint density at radius 3 is 2.00 bits per heavy atom. The molecule has 0 bridgehead atoms. The zero-order chi connectivity index (χ0) is 9.84. The molecule has 0 aliphatic heterocycles. The highest BCUT2D eigenvalue weighted by Gasteiger charge is 2.26. The van der Waals surface area contributed by atoms with Gasteiger partial charge in [-0.25, -0.2) is 0 Å². The summed E-state index contributed by atoms with van der Waals surface area (Å²) in [5.74, 6) is -1.58. The van der Waals surface area contributed by atoms with Crippen LogP contribution < -0.4 is 0 Å². The lowest BCUT2D eigenvalue weighted by molar-refractivity contribution is -0.143. The van der Waals surface area contributed by atoms with Crippen LogP contribution in [0, 0.1) is 11.8 Å². The summed E-state index contributed by atoms with van der Waals surface area (Å²) >= 11 is 0. The SMILES string of the molecule is O=C(O)CC1CCC(C(=O)O)CC1. The Morgan fingerprint density at radius 2 is 1.62 bits per heavy atom. The molecule has 1 rings (SSSR count). The van der Waals surface area contributed by atoms with Crippen molar-refractivity contribution in [2.75, 3.05) is 0 Å². The van der Waals surface area contributed by atoms with E-state index < -0.39 is 11.9 Å². The third-order valence-corrected chi connectivity index (χ3v) is 2.66. The molecule has 0 radical (unpaired) electrons. The summed E-state index contributed by atoms with van der Waals surface area (Å²) in [6.45, 7) is 0. The average Bonchev–Trinajstić information content (AvgIpc) is 2.04. The van der Waals surface area contributed by atoms with Crippen LogP contribution in [0.15, 0.2) is 0 Å². The fourth-order valence-corrected chi connectivity index (χ4v) is 1.86. The summed E-state index contributed by atoms with van der Waals surface area (Å²) < 4.78 is 0. The van der Waals surface area contributed by atoms with Crippen LogP contribution in [0.4, 0.5) is 0 Å². The number of carboxylic acids is 2. The minimum atomic E-state index is -0.779. The van der Waals surface area contributed by atoms with Gasteiger partial charge in [0.05, 0.1) is 5.92 Å². The predicted molar refractivity (Wildman–Crippen MR) is 45.3 cm³/mol. The predicted octanol–water partition coefficient (Wildman–Crippen LogP) is 1.35. The second-order valence-electron chi connectivity index (χ2n) is 3.65. The van der Waals surface area contributed by atoms with Gasteiger partial charge in [0.1, 0.15) is 0 Å². The van der Waals surface area contributed by atoms with E-state index in [4.69, 9.17) is 10.2 Å². The zero-order valence-electron chi connectivity index (χ0n) is 7.40. The Kier molecular flexibility index (Phi) is 3.28. The van der Waals surface area contributed by atoms with Crippen LogP contribution in [-0.4, -0.2) is 22.2 Å². The fraction of sp³-hybridized carbons (Fsp3) is 0.778. The standard InChI is InChI=1S/C9H14O4/c10-8(11)5-6-1-3-7(4-2-6)9(12)13/h6-7H,1-5H2,(H,10,11)(H,12,13). The lowest BCUT2D eigenvalue weighted by atomic mass is 9.81. The molecular weight excluding hydrogens is 172 g/mol. The smallest absolute Gasteiger partial charge is 0.306 e. The van der Waals surface area contributed by atoms with E-state index in [9.17, 15) is 9.59 Å². The first-order valence-electron chi connectivity index (χ1n) is 4.54. The molecule has 0 aromatic rings. The minimum absolute atomic E-state index is 0.187. The summed E-state index contributed by atoms with van der Waals surface area (Å²) in [4.78, 5) is 20.9. The zero-order valence-corrected chi connectivity index (χ0v) is 7.40. The molecule has 0 saturated heterocycles. The van der Waals surface area contributed by atoms with E-state index in [0.29, 0.717) is 12.8 Å². The molecule has 0 heterocycles. The van der Waals surface area contributed by atoms with Gasteiger partial charge < -0.3 is 10.2 Å². The largest absolute Gasteiger partial charge is 0.481 e. The molecule has 0 spiro atoms. The van der Waals surface area contributed by atoms with E-state index in [1.54, 1.807) is 0 Å². The van der Waals surface area contributed by atoms with E-state index >= 15 is 0 Å². The van der Waals surface area contributed by atoms with Crippen LogP contribution in [-0.2, 0) is 9.59 Å². The van der Waals surface area contributed by atoms with Crippen LogP contribution in [0.3, 0.4) is 0 Å². The molecule has 1 fully saturated rings. The van der Waals surface area contributed by atoms with E-state index in [1.165, 1.54) is 0 Å². The minimum Gasteiger partial charge on any atom is -0.481 e. The van der Waals surface area contributed by atoms with Crippen molar-refractivity contribution in [1.29, 1.82) is 0 Å². The van der Waals surface area contributed by atoms with Crippen molar-refractivity contribution in [2.45, 2.75) is 32.1 Å². The Bertz CT molecular complexity index is 204. The Hall–Kier alpha value is -1.06.